The molecule has 0 aliphatic rings. The van der Waals surface area contributed by atoms with Crippen LogP contribution in [0.15, 0.2) is 30.3 Å². The molecule has 0 atom stereocenters. The van der Waals surface area contributed by atoms with E-state index >= 15 is 0 Å². The molecule has 2 rings (SSSR count). The Morgan fingerprint density at radius 2 is 2.06 bits per heavy atom. The van der Waals surface area contributed by atoms with Gasteiger partial charge in [0.25, 0.3) is 0 Å². The first-order valence-electron chi connectivity index (χ1n) is 4.84. The molecule has 82 valence electrons. The predicted octanol–water partition coefficient (Wildman–Crippen LogP) is 3.70. The Bertz CT molecular complexity index is 507. The third kappa shape index (κ3) is 2.23. The Labute approximate surface area is 106 Å². The highest BCUT2D eigenvalue weighted by molar-refractivity contribution is 9.09. The minimum atomic E-state index is 0.0946. The zero-order chi connectivity index (χ0) is 11.5. The van der Waals surface area contributed by atoms with Gasteiger partial charge >= 0.3 is 0 Å². The Kier molecular flexibility index (Phi) is 3.51. The Hall–Kier alpha value is -1.00. The number of aromatic nitrogens is 1. The maximum atomic E-state index is 11.6. The van der Waals surface area contributed by atoms with Gasteiger partial charge in [0.2, 0.25) is 0 Å². The summed E-state index contributed by atoms with van der Waals surface area (Å²) in [7, 11) is 0. The van der Waals surface area contributed by atoms with Gasteiger partial charge in [-0.2, -0.15) is 0 Å². The molecule has 0 saturated heterocycles. The van der Waals surface area contributed by atoms with Crippen LogP contribution in [-0.2, 0) is 0 Å². The standard InChI is InChI=1S/C12H10BrNOS/c1-8-11(10(15)7-13)16-12(14-8)9-5-3-2-4-6-9/h2-6H,7H2,1H3. The van der Waals surface area contributed by atoms with Crippen molar-refractivity contribution in [2.75, 3.05) is 5.33 Å². The lowest BCUT2D eigenvalue weighted by Gasteiger charge is -1.92. The third-order valence-electron chi connectivity index (χ3n) is 2.19. The lowest BCUT2D eigenvalue weighted by Crippen LogP contribution is -1.98. The molecule has 0 saturated carbocycles. The molecule has 4 heteroatoms. The summed E-state index contributed by atoms with van der Waals surface area (Å²) in [6, 6.07) is 9.91. The van der Waals surface area contributed by atoms with Gasteiger partial charge in [-0.25, -0.2) is 4.98 Å². The molecule has 1 aromatic heterocycles. The summed E-state index contributed by atoms with van der Waals surface area (Å²) in [6.45, 7) is 1.87. The molecule has 2 nitrogen and oxygen atoms in total. The maximum absolute atomic E-state index is 11.6. The van der Waals surface area contributed by atoms with Gasteiger partial charge in [-0.15, -0.1) is 11.3 Å². The van der Waals surface area contributed by atoms with Gasteiger partial charge in [0.15, 0.2) is 5.78 Å². The van der Waals surface area contributed by atoms with Crippen LogP contribution in [0.5, 0.6) is 0 Å². The summed E-state index contributed by atoms with van der Waals surface area (Å²) < 4.78 is 0. The zero-order valence-corrected chi connectivity index (χ0v) is 11.1. The fourth-order valence-corrected chi connectivity index (χ4v) is 2.90. The lowest BCUT2D eigenvalue weighted by atomic mass is 10.2. The minimum Gasteiger partial charge on any atom is -0.292 e. The number of aryl methyl sites for hydroxylation is 1. The van der Waals surface area contributed by atoms with Crippen molar-refractivity contribution in [2.45, 2.75) is 6.92 Å². The van der Waals surface area contributed by atoms with E-state index in [4.69, 9.17) is 0 Å². The number of nitrogens with zero attached hydrogens (tertiary/aromatic N) is 1. The second kappa shape index (κ2) is 4.89. The molecule has 0 amide bonds. The van der Waals surface area contributed by atoms with E-state index in [2.05, 4.69) is 20.9 Å². The van der Waals surface area contributed by atoms with Crippen LogP contribution in [0.2, 0.25) is 0 Å². The van der Waals surface area contributed by atoms with Crippen molar-refractivity contribution >= 4 is 33.0 Å². The van der Waals surface area contributed by atoms with E-state index in [1.165, 1.54) is 11.3 Å². The van der Waals surface area contributed by atoms with Crippen LogP contribution in [0, 0.1) is 6.92 Å². The highest BCUT2D eigenvalue weighted by atomic mass is 79.9. The predicted molar refractivity (Wildman–Crippen MR) is 70.4 cm³/mol. The van der Waals surface area contributed by atoms with Crippen molar-refractivity contribution in [2.24, 2.45) is 0 Å². The first kappa shape index (κ1) is 11.5. The van der Waals surface area contributed by atoms with E-state index < -0.39 is 0 Å². The Morgan fingerprint density at radius 1 is 1.38 bits per heavy atom. The van der Waals surface area contributed by atoms with Crippen LogP contribution in [0.1, 0.15) is 15.4 Å². The Balaban J connectivity index is 2.42. The second-order valence-corrected chi connectivity index (χ2v) is 4.92. The Morgan fingerprint density at radius 3 is 2.69 bits per heavy atom. The largest absolute Gasteiger partial charge is 0.292 e. The van der Waals surface area contributed by atoms with Gasteiger partial charge in [-0.05, 0) is 6.92 Å². The topological polar surface area (TPSA) is 30.0 Å². The molecular formula is C12H10BrNOS. The summed E-state index contributed by atoms with van der Waals surface area (Å²) in [5.74, 6) is 0.0946. The van der Waals surface area contributed by atoms with Gasteiger partial charge in [0.05, 0.1) is 15.9 Å². The molecule has 0 aliphatic carbocycles. The molecule has 0 aliphatic heterocycles. The van der Waals surface area contributed by atoms with Crippen molar-refractivity contribution < 1.29 is 4.79 Å². The number of rotatable bonds is 3. The number of hydrogen-bond donors (Lipinski definition) is 0. The van der Waals surface area contributed by atoms with Gasteiger partial charge in [0, 0.05) is 5.56 Å². The number of ketones is 1. The molecule has 2 aromatic rings. The molecular weight excluding hydrogens is 286 g/mol. The lowest BCUT2D eigenvalue weighted by molar-refractivity contribution is 0.102. The summed E-state index contributed by atoms with van der Waals surface area (Å²) in [5, 5.41) is 1.26. The number of Topliss-reactive ketones (excluding diaryl/α,β-unsaturated/α-hetero) is 1. The number of thiazole rings is 1. The smallest absolute Gasteiger partial charge is 0.185 e. The first-order chi connectivity index (χ1) is 7.72. The SMILES string of the molecule is Cc1nc(-c2ccccc2)sc1C(=O)CBr. The fourth-order valence-electron chi connectivity index (χ4n) is 1.42. The van der Waals surface area contributed by atoms with Gasteiger partial charge in [0.1, 0.15) is 5.01 Å². The number of halogens is 1. The number of alkyl halides is 1. The van der Waals surface area contributed by atoms with E-state index in [9.17, 15) is 4.79 Å². The van der Waals surface area contributed by atoms with E-state index in [-0.39, 0.29) is 5.78 Å². The van der Waals surface area contributed by atoms with Crippen molar-refractivity contribution in [1.29, 1.82) is 0 Å². The number of carbonyl (C=O) groups is 1. The van der Waals surface area contributed by atoms with E-state index in [1.807, 2.05) is 37.3 Å². The van der Waals surface area contributed by atoms with Crippen LogP contribution in [-0.4, -0.2) is 16.1 Å². The summed E-state index contributed by atoms with van der Waals surface area (Å²) >= 11 is 4.64. The van der Waals surface area contributed by atoms with Gasteiger partial charge < -0.3 is 0 Å². The van der Waals surface area contributed by atoms with Crippen LogP contribution < -0.4 is 0 Å². The van der Waals surface area contributed by atoms with Crippen LogP contribution >= 0.6 is 27.3 Å². The number of benzene rings is 1. The molecule has 0 radical (unpaired) electrons. The normalized spacial score (nSPS) is 10.4. The summed E-state index contributed by atoms with van der Waals surface area (Å²) in [5.41, 5.74) is 1.87. The molecule has 1 aromatic carbocycles. The number of hydrogen-bond acceptors (Lipinski definition) is 3. The van der Waals surface area contributed by atoms with E-state index in [0.717, 1.165) is 21.1 Å². The highest BCUT2D eigenvalue weighted by Gasteiger charge is 2.14. The average Bonchev–Trinajstić information content (AvgIpc) is 2.71. The van der Waals surface area contributed by atoms with E-state index in [0.29, 0.717) is 5.33 Å². The van der Waals surface area contributed by atoms with Crippen LogP contribution in [0.3, 0.4) is 0 Å². The summed E-state index contributed by atoms with van der Waals surface area (Å²) in [4.78, 5) is 16.8. The molecule has 16 heavy (non-hydrogen) atoms. The summed E-state index contributed by atoms with van der Waals surface area (Å²) in [6.07, 6.45) is 0. The first-order valence-corrected chi connectivity index (χ1v) is 6.78. The fraction of sp³-hybridized carbons (Fsp3) is 0.167. The van der Waals surface area contributed by atoms with Crippen LogP contribution in [0.25, 0.3) is 10.6 Å². The molecule has 1 heterocycles. The average molecular weight is 296 g/mol. The van der Waals surface area contributed by atoms with Crippen molar-refractivity contribution in [3.63, 3.8) is 0 Å². The third-order valence-corrected chi connectivity index (χ3v) is 3.95. The monoisotopic (exact) mass is 295 g/mol. The van der Waals surface area contributed by atoms with E-state index in [1.54, 1.807) is 0 Å². The second-order valence-electron chi connectivity index (χ2n) is 3.36. The van der Waals surface area contributed by atoms with Crippen molar-refractivity contribution in [3.05, 3.63) is 40.9 Å². The van der Waals surface area contributed by atoms with Crippen LogP contribution in [0.4, 0.5) is 0 Å². The maximum Gasteiger partial charge on any atom is 0.185 e. The number of carbonyl (C=O) groups excluding carboxylic acids is 1. The minimum absolute atomic E-state index is 0.0946. The molecule has 0 N–H and O–H groups in total. The quantitative estimate of drug-likeness (QED) is 0.638. The zero-order valence-electron chi connectivity index (χ0n) is 8.74. The van der Waals surface area contributed by atoms with Crippen molar-refractivity contribution in [3.8, 4) is 10.6 Å². The van der Waals surface area contributed by atoms with Crippen molar-refractivity contribution in [1.82, 2.24) is 4.98 Å². The van der Waals surface area contributed by atoms with Gasteiger partial charge in [-0.3, -0.25) is 4.79 Å². The molecule has 0 spiro atoms. The van der Waals surface area contributed by atoms with Gasteiger partial charge in [-0.1, -0.05) is 46.3 Å². The molecule has 0 fully saturated rings. The molecule has 0 bridgehead atoms. The highest BCUT2D eigenvalue weighted by Crippen LogP contribution is 2.28. The molecule has 0 unspecified atom stereocenters.